The van der Waals surface area contributed by atoms with E-state index in [2.05, 4.69) is 5.32 Å². The van der Waals surface area contributed by atoms with E-state index < -0.39 is 6.10 Å². The molecular weight excluding hydrogens is 466 g/mol. The van der Waals surface area contributed by atoms with Crippen molar-refractivity contribution in [1.82, 2.24) is 5.32 Å². The molecule has 2 amide bonds. The summed E-state index contributed by atoms with van der Waals surface area (Å²) in [5.41, 5.74) is 1.66. The number of nitrogens with one attached hydrogen (secondary N) is 1. The van der Waals surface area contributed by atoms with Crippen molar-refractivity contribution in [3.05, 3.63) is 39.5 Å². The Morgan fingerprint density at radius 1 is 1.36 bits per heavy atom. The van der Waals surface area contributed by atoms with E-state index in [-0.39, 0.29) is 24.4 Å². The maximum atomic E-state index is 12.4. The first-order valence-corrected chi connectivity index (χ1v) is 12.1. The highest BCUT2D eigenvalue weighted by molar-refractivity contribution is 7.18. The molecule has 1 fully saturated rings. The summed E-state index contributed by atoms with van der Waals surface area (Å²) in [6, 6.07) is 8.85. The van der Waals surface area contributed by atoms with E-state index in [1.54, 1.807) is 17.0 Å². The second kappa shape index (κ2) is 10.4. The quantitative estimate of drug-likeness (QED) is 0.596. The zero-order valence-corrected chi connectivity index (χ0v) is 19.9. The first kappa shape index (κ1) is 23.4. The highest BCUT2D eigenvalue weighted by Crippen LogP contribution is 2.37. The van der Waals surface area contributed by atoms with Crippen LogP contribution in [0.15, 0.2) is 30.3 Å². The van der Waals surface area contributed by atoms with E-state index in [4.69, 9.17) is 21.1 Å². The smallest absolute Gasteiger partial charge is 0.293 e. The number of rotatable bonds is 7. The summed E-state index contributed by atoms with van der Waals surface area (Å²) in [4.78, 5) is 40.3. The Labute approximate surface area is 201 Å². The highest BCUT2D eigenvalue weighted by atomic mass is 35.5. The first-order valence-electron chi connectivity index (χ1n) is 10.9. The lowest BCUT2D eigenvalue weighted by Gasteiger charge is -2.34. The maximum absolute atomic E-state index is 12.4. The molecule has 0 saturated carbocycles. The molecule has 1 saturated heterocycles. The summed E-state index contributed by atoms with van der Waals surface area (Å²) in [5, 5.41) is 2.83. The Morgan fingerprint density at radius 3 is 2.94 bits per heavy atom. The number of benzene rings is 1. The number of amides is 2. The van der Waals surface area contributed by atoms with Gasteiger partial charge in [-0.3, -0.25) is 14.4 Å². The van der Waals surface area contributed by atoms with Crippen LogP contribution in [0.4, 0.5) is 11.4 Å². The Hall–Kier alpha value is -2.78. The van der Waals surface area contributed by atoms with Crippen molar-refractivity contribution >= 4 is 52.6 Å². The van der Waals surface area contributed by atoms with E-state index in [1.807, 2.05) is 30.1 Å². The number of halogens is 1. The average molecular weight is 492 g/mol. The van der Waals surface area contributed by atoms with E-state index in [0.29, 0.717) is 47.4 Å². The van der Waals surface area contributed by atoms with Gasteiger partial charge < -0.3 is 24.6 Å². The standard InChI is InChI=1S/C23H26ClN3O5S/c1-26-16-6-5-15(27-10-3-2-4-22(27)29)12-18(16)31-11-9-17(26)19(32-14-28)13-25-23(30)20-7-8-21(24)33-20/h5-8,12,14,17,19H,2-4,9-11,13H2,1H3,(H,25,30)/t17-,19?/m0/s1. The van der Waals surface area contributed by atoms with Crippen LogP contribution in [0.25, 0.3) is 0 Å². The summed E-state index contributed by atoms with van der Waals surface area (Å²) >= 11 is 7.11. The van der Waals surface area contributed by atoms with Gasteiger partial charge in [0.25, 0.3) is 12.4 Å². The Kier molecular flexibility index (Phi) is 7.39. The van der Waals surface area contributed by atoms with E-state index in [1.165, 1.54) is 11.3 Å². The number of hydrogen-bond donors (Lipinski definition) is 1. The Morgan fingerprint density at radius 2 is 2.21 bits per heavy atom. The fraction of sp³-hybridized carbons (Fsp3) is 0.435. The van der Waals surface area contributed by atoms with Gasteiger partial charge in [0.05, 0.1) is 34.1 Å². The zero-order valence-electron chi connectivity index (χ0n) is 18.3. The van der Waals surface area contributed by atoms with E-state index in [9.17, 15) is 14.4 Å². The van der Waals surface area contributed by atoms with Crippen molar-refractivity contribution in [1.29, 1.82) is 0 Å². The number of carbonyl (C=O) groups is 3. The van der Waals surface area contributed by atoms with Crippen molar-refractivity contribution in [3.8, 4) is 5.75 Å². The van der Waals surface area contributed by atoms with Gasteiger partial charge in [-0.2, -0.15) is 0 Å². The molecule has 1 unspecified atom stereocenters. The third-order valence-corrected chi connectivity index (χ3v) is 7.28. The molecule has 0 bridgehead atoms. The highest BCUT2D eigenvalue weighted by Gasteiger charge is 2.32. The number of likely N-dealkylation sites (N-methyl/N-ethyl adjacent to an activating group) is 1. The normalized spacial score (nSPS) is 19.2. The van der Waals surface area contributed by atoms with Gasteiger partial charge >= 0.3 is 0 Å². The minimum atomic E-state index is -0.579. The average Bonchev–Trinajstić information content (AvgIpc) is 3.18. The topological polar surface area (TPSA) is 88.2 Å². The number of carbonyl (C=O) groups excluding carboxylic acids is 3. The second-order valence-electron chi connectivity index (χ2n) is 8.05. The summed E-state index contributed by atoms with van der Waals surface area (Å²) in [6.07, 6.45) is 2.48. The van der Waals surface area contributed by atoms with Crippen LogP contribution in [0.2, 0.25) is 4.34 Å². The molecule has 3 heterocycles. The monoisotopic (exact) mass is 491 g/mol. The molecule has 1 aromatic carbocycles. The molecule has 0 spiro atoms. The summed E-state index contributed by atoms with van der Waals surface area (Å²) in [6.45, 7) is 1.68. The summed E-state index contributed by atoms with van der Waals surface area (Å²) in [5.74, 6) is 0.538. The van der Waals surface area contributed by atoms with Gasteiger partial charge in [-0.25, -0.2) is 0 Å². The van der Waals surface area contributed by atoms with Gasteiger partial charge in [0.2, 0.25) is 5.91 Å². The number of piperidine rings is 1. The predicted molar refractivity (Wildman–Crippen MR) is 128 cm³/mol. The molecule has 10 heteroatoms. The van der Waals surface area contributed by atoms with Crippen LogP contribution in [0, 0.1) is 0 Å². The third kappa shape index (κ3) is 5.25. The van der Waals surface area contributed by atoms with Crippen molar-refractivity contribution in [3.63, 3.8) is 0 Å². The van der Waals surface area contributed by atoms with Crippen LogP contribution < -0.4 is 19.9 Å². The molecule has 0 aliphatic carbocycles. The lowest BCUT2D eigenvalue weighted by molar-refractivity contribution is -0.134. The Balaban J connectivity index is 1.50. The minimum Gasteiger partial charge on any atom is -0.491 e. The molecule has 2 aliphatic heterocycles. The number of thiophene rings is 1. The molecule has 4 rings (SSSR count). The summed E-state index contributed by atoms with van der Waals surface area (Å²) < 4.78 is 11.9. The molecule has 2 aliphatic rings. The number of hydrogen-bond acceptors (Lipinski definition) is 7. The van der Waals surface area contributed by atoms with Gasteiger partial charge in [-0.15, -0.1) is 11.3 Å². The van der Waals surface area contributed by atoms with Gasteiger partial charge in [0, 0.05) is 38.2 Å². The molecule has 8 nitrogen and oxygen atoms in total. The molecule has 0 radical (unpaired) electrons. The van der Waals surface area contributed by atoms with Crippen molar-refractivity contribution in [2.75, 3.05) is 36.5 Å². The minimum absolute atomic E-state index is 0.128. The van der Waals surface area contributed by atoms with Gasteiger partial charge in [-0.05, 0) is 37.1 Å². The van der Waals surface area contributed by atoms with Gasteiger partial charge in [-0.1, -0.05) is 11.6 Å². The van der Waals surface area contributed by atoms with Crippen LogP contribution in [0.1, 0.15) is 35.4 Å². The van der Waals surface area contributed by atoms with Crippen molar-refractivity contribution < 1.29 is 23.9 Å². The zero-order chi connectivity index (χ0) is 23.4. The SMILES string of the molecule is CN1c2ccc(N3CCCCC3=O)cc2OCC[C@H]1C(CNC(=O)c1ccc(Cl)s1)OC=O. The molecule has 176 valence electrons. The summed E-state index contributed by atoms with van der Waals surface area (Å²) in [7, 11) is 1.91. The van der Waals surface area contributed by atoms with Crippen LogP contribution >= 0.6 is 22.9 Å². The predicted octanol–water partition coefficient (Wildman–Crippen LogP) is 3.48. The van der Waals surface area contributed by atoms with Crippen LogP contribution in [-0.4, -0.2) is 57.2 Å². The van der Waals surface area contributed by atoms with Gasteiger partial charge in [0.15, 0.2) is 0 Å². The molecule has 33 heavy (non-hydrogen) atoms. The van der Waals surface area contributed by atoms with Crippen LogP contribution in [0.5, 0.6) is 5.75 Å². The largest absolute Gasteiger partial charge is 0.491 e. The van der Waals surface area contributed by atoms with Crippen LogP contribution in [-0.2, 0) is 14.3 Å². The fourth-order valence-corrected chi connectivity index (χ4v) is 5.28. The van der Waals surface area contributed by atoms with Gasteiger partial charge in [0.1, 0.15) is 11.9 Å². The molecule has 1 N–H and O–H groups in total. The number of anilines is 2. The maximum Gasteiger partial charge on any atom is 0.293 e. The third-order valence-electron chi connectivity index (χ3n) is 6.05. The second-order valence-corrected chi connectivity index (χ2v) is 9.77. The number of fused-ring (bicyclic) bond motifs is 1. The lowest BCUT2D eigenvalue weighted by atomic mass is 10.0. The van der Waals surface area contributed by atoms with Crippen molar-refractivity contribution in [2.24, 2.45) is 0 Å². The Bertz CT molecular complexity index is 1030. The number of nitrogens with zero attached hydrogens (tertiary/aromatic N) is 2. The van der Waals surface area contributed by atoms with Crippen LogP contribution in [0.3, 0.4) is 0 Å². The molecule has 2 atom stereocenters. The van der Waals surface area contributed by atoms with Crippen molar-refractivity contribution in [2.45, 2.75) is 37.8 Å². The van der Waals surface area contributed by atoms with E-state index >= 15 is 0 Å². The lowest BCUT2D eigenvalue weighted by Crippen LogP contribution is -2.48. The van der Waals surface area contributed by atoms with E-state index in [0.717, 1.165) is 24.2 Å². The molecule has 2 aromatic rings. The first-order chi connectivity index (χ1) is 16.0. The molecule has 1 aromatic heterocycles. The molecular formula is C23H26ClN3O5S. The number of ether oxygens (including phenoxy) is 2. The fourth-order valence-electron chi connectivity index (χ4n) is 4.32.